The molecule has 5 aliphatic carbocycles. The summed E-state index contributed by atoms with van der Waals surface area (Å²) in [6.45, 7) is 0.0710. The third-order valence-electron chi connectivity index (χ3n) is 8.10. The molecule has 182 valence electrons. The molecule has 0 atom stereocenters. The van der Waals surface area contributed by atoms with Crippen molar-refractivity contribution in [3.8, 4) is 5.75 Å². The van der Waals surface area contributed by atoms with Gasteiger partial charge in [-0.3, -0.25) is 0 Å². The minimum absolute atomic E-state index is 0.00498. The van der Waals surface area contributed by atoms with Crippen LogP contribution in [0.25, 0.3) is 0 Å². The molecule has 6 rings (SSSR count). The first-order chi connectivity index (χ1) is 15.8. The molecular weight excluding hydrogens is 433 g/mol. The highest BCUT2D eigenvalue weighted by Crippen LogP contribution is 2.55. The number of rotatable bonds is 6. The smallest absolute Gasteiger partial charge is 0.405 e. The molecule has 0 unspecified atom stereocenters. The normalized spacial score (nSPS) is 35.3. The number of ether oxygens (including phenoxy) is 2. The lowest BCUT2D eigenvalue weighted by atomic mass is 9.53. The van der Waals surface area contributed by atoms with E-state index in [1.807, 2.05) is 0 Å². The van der Waals surface area contributed by atoms with E-state index in [4.69, 9.17) is 4.74 Å². The highest BCUT2D eigenvalue weighted by molar-refractivity contribution is 5.75. The number of halogens is 3. The first-order valence-electron chi connectivity index (χ1n) is 12.3. The predicted octanol–water partition coefficient (Wildman–Crippen LogP) is 5.68. The summed E-state index contributed by atoms with van der Waals surface area (Å²) in [5, 5.41) is 6.54. The molecule has 4 bridgehead atoms. The van der Waals surface area contributed by atoms with E-state index >= 15 is 0 Å². The number of hydrogen-bond donors (Lipinski definition) is 2. The molecule has 0 spiro atoms. The van der Waals surface area contributed by atoms with Gasteiger partial charge in [-0.25, -0.2) is 4.79 Å². The van der Waals surface area contributed by atoms with Crippen LogP contribution in [0.4, 0.5) is 18.0 Å². The fraction of sp³-hybridized carbons (Fsp3) is 0.720. The molecule has 1 aromatic carbocycles. The summed E-state index contributed by atoms with van der Waals surface area (Å²) in [7, 11) is 0. The standard InChI is InChI=1S/C25H33F3N2O3/c26-25(27,28)33-22-4-2-1-3-19(22)15-32-21-7-5-20(6-8-21)29-23(31)30-24-12-16-9-17(13-24)11-18(10-16)14-24/h1-4,16-18,20-21H,5-15H2,(H2,29,30,31). The van der Waals surface area contributed by atoms with Crippen molar-refractivity contribution in [1.29, 1.82) is 0 Å². The number of hydrogen-bond acceptors (Lipinski definition) is 3. The van der Waals surface area contributed by atoms with Crippen LogP contribution in [-0.2, 0) is 11.3 Å². The second-order valence-electron chi connectivity index (χ2n) is 10.7. The molecule has 0 heterocycles. The quantitative estimate of drug-likeness (QED) is 0.567. The van der Waals surface area contributed by atoms with Crippen molar-refractivity contribution in [2.75, 3.05) is 0 Å². The molecule has 0 aromatic heterocycles. The van der Waals surface area contributed by atoms with Crippen LogP contribution in [0.2, 0.25) is 0 Å². The van der Waals surface area contributed by atoms with Gasteiger partial charge in [-0.05, 0) is 88.0 Å². The Balaban J connectivity index is 1.06. The fourth-order valence-electron chi connectivity index (χ4n) is 7.15. The first kappa shape index (κ1) is 22.8. The van der Waals surface area contributed by atoms with Crippen molar-refractivity contribution < 1.29 is 27.4 Å². The monoisotopic (exact) mass is 466 g/mol. The van der Waals surface area contributed by atoms with E-state index in [1.165, 1.54) is 31.4 Å². The van der Waals surface area contributed by atoms with Gasteiger partial charge in [0.25, 0.3) is 0 Å². The highest BCUT2D eigenvalue weighted by Gasteiger charge is 2.51. The largest absolute Gasteiger partial charge is 0.573 e. The van der Waals surface area contributed by atoms with Gasteiger partial charge in [-0.2, -0.15) is 0 Å². The predicted molar refractivity (Wildman–Crippen MR) is 117 cm³/mol. The van der Waals surface area contributed by atoms with Crippen molar-refractivity contribution in [3.63, 3.8) is 0 Å². The number of benzene rings is 1. The Kier molecular flexibility index (Phi) is 6.23. The maximum absolute atomic E-state index is 12.8. The Morgan fingerprint density at radius 2 is 1.58 bits per heavy atom. The third-order valence-corrected chi connectivity index (χ3v) is 8.10. The number of carbonyl (C=O) groups excluding carboxylic acids is 1. The van der Waals surface area contributed by atoms with Crippen LogP contribution in [0.5, 0.6) is 5.75 Å². The number of para-hydroxylation sites is 1. The molecule has 2 N–H and O–H groups in total. The molecule has 5 aliphatic rings. The number of urea groups is 1. The highest BCUT2D eigenvalue weighted by atomic mass is 19.4. The average Bonchev–Trinajstić information content (AvgIpc) is 2.71. The number of nitrogens with one attached hydrogen (secondary N) is 2. The van der Waals surface area contributed by atoms with Gasteiger partial charge < -0.3 is 20.1 Å². The molecule has 2 amide bonds. The van der Waals surface area contributed by atoms with Gasteiger partial charge in [0.15, 0.2) is 0 Å². The Bertz CT molecular complexity index is 816. The molecule has 5 fully saturated rings. The molecular formula is C25H33F3N2O3. The van der Waals surface area contributed by atoms with Crippen LogP contribution in [0, 0.1) is 17.8 Å². The lowest BCUT2D eigenvalue weighted by molar-refractivity contribution is -0.275. The molecule has 0 aliphatic heterocycles. The van der Waals surface area contributed by atoms with E-state index in [0.717, 1.165) is 62.7 Å². The summed E-state index contributed by atoms with van der Waals surface area (Å²) in [6, 6.07) is 6.14. The van der Waals surface area contributed by atoms with E-state index in [2.05, 4.69) is 15.4 Å². The molecule has 0 saturated heterocycles. The minimum atomic E-state index is -4.73. The lowest BCUT2D eigenvalue weighted by Crippen LogP contribution is -2.62. The van der Waals surface area contributed by atoms with Gasteiger partial charge in [-0.15, -0.1) is 13.2 Å². The molecule has 5 nitrogen and oxygen atoms in total. The number of alkyl halides is 3. The summed E-state index contributed by atoms with van der Waals surface area (Å²) in [6.07, 6.45) is 5.82. The fourth-order valence-corrected chi connectivity index (χ4v) is 7.15. The van der Waals surface area contributed by atoms with Gasteiger partial charge >= 0.3 is 12.4 Å². The molecule has 1 aromatic rings. The zero-order valence-corrected chi connectivity index (χ0v) is 18.8. The topological polar surface area (TPSA) is 59.6 Å². The Morgan fingerprint density at radius 1 is 0.970 bits per heavy atom. The van der Waals surface area contributed by atoms with Crippen molar-refractivity contribution in [2.45, 2.75) is 94.9 Å². The second-order valence-corrected chi connectivity index (χ2v) is 10.7. The van der Waals surface area contributed by atoms with Crippen molar-refractivity contribution in [3.05, 3.63) is 29.8 Å². The van der Waals surface area contributed by atoms with Crippen LogP contribution in [0.15, 0.2) is 24.3 Å². The van der Waals surface area contributed by atoms with Gasteiger partial charge in [0, 0.05) is 17.1 Å². The summed E-state index contributed by atoms with van der Waals surface area (Å²) < 4.78 is 47.8. The third kappa shape index (κ3) is 5.58. The van der Waals surface area contributed by atoms with E-state index < -0.39 is 6.36 Å². The Hall–Kier alpha value is -1.96. The van der Waals surface area contributed by atoms with Crippen LogP contribution >= 0.6 is 0 Å². The zero-order valence-electron chi connectivity index (χ0n) is 18.8. The second kappa shape index (κ2) is 9.01. The van der Waals surface area contributed by atoms with E-state index in [1.54, 1.807) is 12.1 Å². The van der Waals surface area contributed by atoms with Gasteiger partial charge in [0.05, 0.1) is 12.7 Å². The number of amides is 2. The van der Waals surface area contributed by atoms with Crippen LogP contribution < -0.4 is 15.4 Å². The van der Waals surface area contributed by atoms with Crippen LogP contribution in [0.3, 0.4) is 0 Å². The van der Waals surface area contributed by atoms with Gasteiger partial charge in [0.1, 0.15) is 5.75 Å². The summed E-state index contributed by atoms with van der Waals surface area (Å²) in [5.41, 5.74) is 0.385. The molecule has 5 saturated carbocycles. The van der Waals surface area contributed by atoms with Crippen molar-refractivity contribution in [1.82, 2.24) is 10.6 Å². The summed E-state index contributed by atoms with van der Waals surface area (Å²) in [4.78, 5) is 12.8. The molecule has 33 heavy (non-hydrogen) atoms. The van der Waals surface area contributed by atoms with E-state index in [-0.39, 0.29) is 36.1 Å². The van der Waals surface area contributed by atoms with E-state index in [0.29, 0.717) is 5.56 Å². The first-order valence-corrected chi connectivity index (χ1v) is 12.3. The van der Waals surface area contributed by atoms with Crippen molar-refractivity contribution in [2.24, 2.45) is 17.8 Å². The number of carbonyl (C=O) groups is 1. The Morgan fingerprint density at radius 3 is 2.18 bits per heavy atom. The van der Waals surface area contributed by atoms with Crippen molar-refractivity contribution >= 4 is 6.03 Å². The zero-order chi connectivity index (χ0) is 23.1. The Labute approximate surface area is 192 Å². The average molecular weight is 467 g/mol. The van der Waals surface area contributed by atoms with Crippen LogP contribution in [0.1, 0.15) is 69.8 Å². The summed E-state index contributed by atoms with van der Waals surface area (Å²) in [5.74, 6) is 2.14. The maximum atomic E-state index is 12.8. The molecule has 8 heteroatoms. The maximum Gasteiger partial charge on any atom is 0.573 e. The van der Waals surface area contributed by atoms with Crippen LogP contribution in [-0.4, -0.2) is 30.1 Å². The SMILES string of the molecule is O=C(NC1CCC(OCc2ccccc2OC(F)(F)F)CC1)NC12CC3CC(CC(C3)C1)C2. The van der Waals surface area contributed by atoms with Gasteiger partial charge in [0.2, 0.25) is 0 Å². The summed E-state index contributed by atoms with van der Waals surface area (Å²) >= 11 is 0. The lowest BCUT2D eigenvalue weighted by Gasteiger charge is -2.56. The van der Waals surface area contributed by atoms with Gasteiger partial charge in [-0.1, -0.05) is 18.2 Å². The minimum Gasteiger partial charge on any atom is -0.405 e. The molecule has 0 radical (unpaired) electrons. The van der Waals surface area contributed by atoms with E-state index in [9.17, 15) is 18.0 Å².